The van der Waals surface area contributed by atoms with E-state index < -0.39 is 5.95 Å². The molecule has 0 aliphatic carbocycles. The van der Waals surface area contributed by atoms with E-state index >= 15 is 0 Å². The Morgan fingerprint density at radius 2 is 1.69 bits per heavy atom. The largest absolute Gasteiger partial charge is 0.228 e. The number of benzene rings is 1. The summed E-state index contributed by atoms with van der Waals surface area (Å²) < 4.78 is 13.1. The van der Waals surface area contributed by atoms with Crippen molar-refractivity contribution >= 4 is 23.2 Å². The van der Waals surface area contributed by atoms with E-state index in [4.69, 9.17) is 23.2 Å². The van der Waals surface area contributed by atoms with Crippen LogP contribution in [0.25, 0.3) is 11.1 Å². The standard InChI is InChI=1S/C12H8Cl2FN/c1-7-6-16-12(15)5-11(7)8-2-9(13)4-10(14)3-8/h2-6H,1H3. The zero-order chi connectivity index (χ0) is 11.7. The first kappa shape index (κ1) is 11.4. The van der Waals surface area contributed by atoms with Crippen LogP contribution >= 0.6 is 23.2 Å². The Morgan fingerprint density at radius 1 is 1.06 bits per heavy atom. The van der Waals surface area contributed by atoms with E-state index in [-0.39, 0.29) is 0 Å². The molecular weight excluding hydrogens is 248 g/mol. The quantitative estimate of drug-likeness (QED) is 0.684. The van der Waals surface area contributed by atoms with E-state index in [0.29, 0.717) is 10.0 Å². The van der Waals surface area contributed by atoms with Gasteiger partial charge in [0.25, 0.3) is 0 Å². The second-order valence-electron chi connectivity index (χ2n) is 3.48. The molecule has 1 aromatic carbocycles. The summed E-state index contributed by atoms with van der Waals surface area (Å²) >= 11 is 11.8. The highest BCUT2D eigenvalue weighted by atomic mass is 35.5. The van der Waals surface area contributed by atoms with Gasteiger partial charge in [-0.2, -0.15) is 4.39 Å². The van der Waals surface area contributed by atoms with E-state index in [0.717, 1.165) is 16.7 Å². The predicted octanol–water partition coefficient (Wildman–Crippen LogP) is 4.50. The molecule has 0 radical (unpaired) electrons. The number of aromatic nitrogens is 1. The van der Waals surface area contributed by atoms with Crippen molar-refractivity contribution < 1.29 is 4.39 Å². The third-order valence-electron chi connectivity index (χ3n) is 2.24. The molecule has 2 rings (SSSR count). The molecule has 4 heteroatoms. The van der Waals surface area contributed by atoms with Crippen LogP contribution in [0.15, 0.2) is 30.5 Å². The summed E-state index contributed by atoms with van der Waals surface area (Å²) in [4.78, 5) is 3.58. The van der Waals surface area contributed by atoms with Gasteiger partial charge in [-0.1, -0.05) is 23.2 Å². The maximum Gasteiger partial charge on any atom is 0.213 e. The number of pyridine rings is 1. The van der Waals surface area contributed by atoms with Crippen LogP contribution in [-0.4, -0.2) is 4.98 Å². The summed E-state index contributed by atoms with van der Waals surface area (Å²) in [5.74, 6) is -0.517. The molecule has 0 aliphatic heterocycles. The third-order valence-corrected chi connectivity index (χ3v) is 2.68. The highest BCUT2D eigenvalue weighted by molar-refractivity contribution is 6.35. The van der Waals surface area contributed by atoms with Gasteiger partial charge in [0.05, 0.1) is 0 Å². The van der Waals surface area contributed by atoms with Crippen LogP contribution in [0, 0.1) is 12.9 Å². The Morgan fingerprint density at radius 3 is 2.31 bits per heavy atom. The average Bonchev–Trinajstić information content (AvgIpc) is 2.20. The lowest BCUT2D eigenvalue weighted by Gasteiger charge is -2.06. The monoisotopic (exact) mass is 255 g/mol. The van der Waals surface area contributed by atoms with Crippen LogP contribution in [-0.2, 0) is 0 Å². The molecule has 0 atom stereocenters. The smallest absolute Gasteiger partial charge is 0.213 e. The Bertz CT molecular complexity index is 520. The fourth-order valence-corrected chi connectivity index (χ4v) is 2.04. The minimum atomic E-state index is -0.517. The van der Waals surface area contributed by atoms with E-state index in [2.05, 4.69) is 4.98 Å². The van der Waals surface area contributed by atoms with Gasteiger partial charge >= 0.3 is 0 Å². The topological polar surface area (TPSA) is 12.9 Å². The van der Waals surface area contributed by atoms with Gasteiger partial charge in [-0.25, -0.2) is 4.98 Å². The molecule has 0 aliphatic rings. The van der Waals surface area contributed by atoms with Crippen molar-refractivity contribution in [2.75, 3.05) is 0 Å². The van der Waals surface area contributed by atoms with Crippen molar-refractivity contribution in [3.8, 4) is 11.1 Å². The average molecular weight is 256 g/mol. The number of hydrogen-bond donors (Lipinski definition) is 0. The van der Waals surface area contributed by atoms with E-state index in [1.807, 2.05) is 6.92 Å². The Hall–Kier alpha value is -1.12. The van der Waals surface area contributed by atoms with Crippen molar-refractivity contribution in [1.29, 1.82) is 0 Å². The Labute approximate surface area is 103 Å². The molecule has 1 aromatic heterocycles. The van der Waals surface area contributed by atoms with E-state index in [1.54, 1.807) is 18.2 Å². The maximum absolute atomic E-state index is 13.1. The molecule has 1 heterocycles. The van der Waals surface area contributed by atoms with Crippen molar-refractivity contribution in [2.24, 2.45) is 0 Å². The molecule has 1 nitrogen and oxygen atoms in total. The highest BCUT2D eigenvalue weighted by Gasteiger charge is 2.06. The summed E-state index contributed by atoms with van der Waals surface area (Å²) in [6.07, 6.45) is 1.49. The van der Waals surface area contributed by atoms with Crippen LogP contribution in [0.1, 0.15) is 5.56 Å². The number of rotatable bonds is 1. The molecule has 0 spiro atoms. The van der Waals surface area contributed by atoms with Gasteiger partial charge in [0.2, 0.25) is 5.95 Å². The van der Waals surface area contributed by atoms with Gasteiger partial charge in [0, 0.05) is 22.3 Å². The fourth-order valence-electron chi connectivity index (χ4n) is 1.52. The SMILES string of the molecule is Cc1cnc(F)cc1-c1cc(Cl)cc(Cl)c1. The molecule has 16 heavy (non-hydrogen) atoms. The predicted molar refractivity (Wildman–Crippen MR) is 64.4 cm³/mol. The van der Waals surface area contributed by atoms with Gasteiger partial charge < -0.3 is 0 Å². The zero-order valence-corrected chi connectivity index (χ0v) is 9.98. The van der Waals surface area contributed by atoms with E-state index in [1.165, 1.54) is 12.3 Å². The Balaban J connectivity index is 2.62. The lowest BCUT2D eigenvalue weighted by molar-refractivity contribution is 0.583. The highest BCUT2D eigenvalue weighted by Crippen LogP contribution is 2.29. The zero-order valence-electron chi connectivity index (χ0n) is 8.47. The summed E-state index contributed by atoms with van der Waals surface area (Å²) in [7, 11) is 0. The summed E-state index contributed by atoms with van der Waals surface area (Å²) in [6, 6.07) is 6.50. The van der Waals surface area contributed by atoms with Gasteiger partial charge in [0.15, 0.2) is 0 Å². The minimum absolute atomic E-state index is 0.517. The molecule has 0 saturated carbocycles. The summed E-state index contributed by atoms with van der Waals surface area (Å²) in [5, 5.41) is 1.05. The lowest BCUT2D eigenvalue weighted by atomic mass is 10.0. The van der Waals surface area contributed by atoms with Gasteiger partial charge in [0.1, 0.15) is 0 Å². The molecule has 0 saturated heterocycles. The first-order chi connectivity index (χ1) is 7.56. The first-order valence-electron chi connectivity index (χ1n) is 4.65. The second kappa shape index (κ2) is 4.40. The number of halogens is 3. The van der Waals surface area contributed by atoms with E-state index in [9.17, 15) is 4.39 Å². The third kappa shape index (κ3) is 2.34. The minimum Gasteiger partial charge on any atom is -0.228 e. The lowest BCUT2D eigenvalue weighted by Crippen LogP contribution is -1.89. The molecule has 0 amide bonds. The number of hydrogen-bond acceptors (Lipinski definition) is 1. The second-order valence-corrected chi connectivity index (χ2v) is 4.35. The number of aryl methyl sites for hydroxylation is 1. The normalized spacial score (nSPS) is 10.5. The molecule has 0 unspecified atom stereocenters. The number of nitrogens with zero attached hydrogens (tertiary/aromatic N) is 1. The van der Waals surface area contributed by atoms with Crippen molar-refractivity contribution in [2.45, 2.75) is 6.92 Å². The van der Waals surface area contributed by atoms with Crippen molar-refractivity contribution in [3.63, 3.8) is 0 Å². The molecule has 0 N–H and O–H groups in total. The molecule has 2 aromatic rings. The van der Waals surface area contributed by atoms with Crippen LogP contribution in [0.2, 0.25) is 10.0 Å². The van der Waals surface area contributed by atoms with Crippen molar-refractivity contribution in [1.82, 2.24) is 4.98 Å². The Kier molecular flexibility index (Phi) is 3.13. The van der Waals surface area contributed by atoms with Crippen molar-refractivity contribution in [3.05, 3.63) is 52.0 Å². The first-order valence-corrected chi connectivity index (χ1v) is 5.40. The maximum atomic E-state index is 13.1. The van der Waals surface area contributed by atoms with Crippen LogP contribution < -0.4 is 0 Å². The fraction of sp³-hybridized carbons (Fsp3) is 0.0833. The molecular formula is C12H8Cl2FN. The van der Waals surface area contributed by atoms with Gasteiger partial charge in [-0.15, -0.1) is 0 Å². The van der Waals surface area contributed by atoms with Crippen LogP contribution in [0.3, 0.4) is 0 Å². The molecule has 0 bridgehead atoms. The van der Waals surface area contributed by atoms with Gasteiger partial charge in [-0.3, -0.25) is 0 Å². The van der Waals surface area contributed by atoms with Crippen LogP contribution in [0.5, 0.6) is 0 Å². The summed E-state index contributed by atoms with van der Waals surface area (Å²) in [6.45, 7) is 1.86. The molecule has 82 valence electrons. The molecule has 0 fully saturated rings. The summed E-state index contributed by atoms with van der Waals surface area (Å²) in [5.41, 5.74) is 2.41. The van der Waals surface area contributed by atoms with Gasteiger partial charge in [-0.05, 0) is 41.8 Å². The van der Waals surface area contributed by atoms with Crippen LogP contribution in [0.4, 0.5) is 4.39 Å².